The molecule has 0 unspecified atom stereocenters. The molecule has 3 aliphatic rings. The summed E-state index contributed by atoms with van der Waals surface area (Å²) in [6, 6.07) is 2.15. The van der Waals surface area contributed by atoms with Crippen LogP contribution in [0.4, 0.5) is 0 Å². The van der Waals surface area contributed by atoms with Gasteiger partial charge in [-0.15, -0.1) is 0 Å². The number of hydrogen-bond acceptors (Lipinski definition) is 6. The second kappa shape index (κ2) is 5.39. The van der Waals surface area contributed by atoms with Crippen LogP contribution in [0.15, 0.2) is 12.3 Å². The van der Waals surface area contributed by atoms with Crippen LogP contribution in [0.2, 0.25) is 0 Å². The Bertz CT molecular complexity index is 706. The van der Waals surface area contributed by atoms with Gasteiger partial charge in [0.25, 0.3) is 0 Å². The van der Waals surface area contributed by atoms with Gasteiger partial charge >= 0.3 is 6.01 Å². The molecular formula is C15H21N3O4S. The molecule has 126 valence electrons. The fourth-order valence-corrected chi connectivity index (χ4v) is 5.44. The molecule has 1 aromatic heterocycles. The quantitative estimate of drug-likeness (QED) is 0.781. The highest BCUT2D eigenvalue weighted by molar-refractivity contribution is 7.90. The van der Waals surface area contributed by atoms with Crippen molar-refractivity contribution in [3.63, 3.8) is 0 Å². The van der Waals surface area contributed by atoms with Gasteiger partial charge in [-0.1, -0.05) is 0 Å². The number of sulfonamides is 1. The Morgan fingerprint density at radius 2 is 2.30 bits per heavy atom. The summed E-state index contributed by atoms with van der Waals surface area (Å²) < 4.78 is 38.1. The van der Waals surface area contributed by atoms with Crippen LogP contribution in [0.5, 0.6) is 6.01 Å². The van der Waals surface area contributed by atoms with E-state index in [0.29, 0.717) is 38.9 Å². The predicted octanol–water partition coefficient (Wildman–Crippen LogP) is 0.604. The molecule has 23 heavy (non-hydrogen) atoms. The minimum absolute atomic E-state index is 0.166. The van der Waals surface area contributed by atoms with E-state index < -0.39 is 10.0 Å². The van der Waals surface area contributed by atoms with Gasteiger partial charge in [-0.2, -0.15) is 0 Å². The first-order valence-corrected chi connectivity index (χ1v) is 9.49. The number of aryl methyl sites for hydroxylation is 1. The van der Waals surface area contributed by atoms with Gasteiger partial charge < -0.3 is 9.47 Å². The van der Waals surface area contributed by atoms with E-state index in [9.17, 15) is 8.42 Å². The van der Waals surface area contributed by atoms with E-state index in [2.05, 4.69) is 9.97 Å². The molecule has 3 fully saturated rings. The summed E-state index contributed by atoms with van der Waals surface area (Å²) in [6.07, 6.45) is 3.25. The minimum Gasteiger partial charge on any atom is -0.463 e. The molecule has 1 aliphatic carbocycles. The number of rotatable bonds is 5. The van der Waals surface area contributed by atoms with Crippen molar-refractivity contribution in [2.45, 2.75) is 25.0 Å². The molecule has 0 spiro atoms. The Hall–Kier alpha value is -1.25. The first-order chi connectivity index (χ1) is 11.0. The molecule has 1 saturated carbocycles. The number of aromatic nitrogens is 2. The average molecular weight is 339 g/mol. The summed E-state index contributed by atoms with van der Waals surface area (Å²) in [5, 5.41) is -0.166. The first kappa shape index (κ1) is 15.3. The smallest absolute Gasteiger partial charge is 0.316 e. The molecule has 4 rings (SSSR count). The third kappa shape index (κ3) is 2.72. The van der Waals surface area contributed by atoms with Crippen molar-refractivity contribution in [2.24, 2.45) is 11.3 Å². The van der Waals surface area contributed by atoms with E-state index in [1.54, 1.807) is 10.5 Å². The lowest BCUT2D eigenvalue weighted by molar-refractivity contribution is 0.0966. The second-order valence-corrected chi connectivity index (χ2v) is 9.09. The van der Waals surface area contributed by atoms with E-state index in [1.165, 1.54) is 0 Å². The zero-order chi connectivity index (χ0) is 16.1. The summed E-state index contributed by atoms with van der Waals surface area (Å²) >= 11 is 0. The van der Waals surface area contributed by atoms with Crippen molar-refractivity contribution in [3.05, 3.63) is 18.0 Å². The number of nitrogens with zero attached hydrogens (tertiary/aromatic N) is 3. The lowest BCUT2D eigenvalue weighted by Gasteiger charge is -2.26. The van der Waals surface area contributed by atoms with Gasteiger partial charge in [-0.3, -0.25) is 0 Å². The van der Waals surface area contributed by atoms with Crippen molar-refractivity contribution in [3.8, 4) is 6.01 Å². The molecule has 0 N–H and O–H groups in total. The largest absolute Gasteiger partial charge is 0.463 e. The molecule has 2 atom stereocenters. The first-order valence-electron chi connectivity index (χ1n) is 7.99. The fourth-order valence-electron chi connectivity index (χ4n) is 3.46. The van der Waals surface area contributed by atoms with Gasteiger partial charge in [0.1, 0.15) is 6.61 Å². The molecule has 0 bridgehead atoms. The molecule has 2 saturated heterocycles. The standard InChI is InChI=1S/C15H21N3O4S/c1-11-4-5-16-14(17-11)22-10-15-8-18(6-12(15)7-21-9-15)23(19,20)13-2-3-13/h4-5,12-13H,2-3,6-10H2,1H3/t12-,15+/m1/s1. The summed E-state index contributed by atoms with van der Waals surface area (Å²) in [5.41, 5.74) is 0.561. The normalized spacial score (nSPS) is 31.3. The predicted molar refractivity (Wildman–Crippen MR) is 82.5 cm³/mol. The fraction of sp³-hybridized carbons (Fsp3) is 0.733. The molecular weight excluding hydrogens is 318 g/mol. The Labute approximate surface area is 136 Å². The highest BCUT2D eigenvalue weighted by atomic mass is 32.2. The third-order valence-electron chi connectivity index (χ3n) is 5.06. The highest BCUT2D eigenvalue weighted by Gasteiger charge is 2.56. The highest BCUT2D eigenvalue weighted by Crippen LogP contribution is 2.44. The van der Waals surface area contributed by atoms with Crippen LogP contribution < -0.4 is 4.74 Å². The van der Waals surface area contributed by atoms with Gasteiger partial charge in [0.15, 0.2) is 0 Å². The van der Waals surface area contributed by atoms with E-state index in [-0.39, 0.29) is 16.6 Å². The van der Waals surface area contributed by atoms with Crippen molar-refractivity contribution in [2.75, 3.05) is 32.9 Å². The van der Waals surface area contributed by atoms with Crippen molar-refractivity contribution in [1.29, 1.82) is 0 Å². The number of hydrogen-bond donors (Lipinski definition) is 0. The molecule has 7 nitrogen and oxygen atoms in total. The topological polar surface area (TPSA) is 81.6 Å². The van der Waals surface area contributed by atoms with E-state index in [4.69, 9.17) is 9.47 Å². The summed E-state index contributed by atoms with van der Waals surface area (Å²) in [4.78, 5) is 8.36. The van der Waals surface area contributed by atoms with E-state index >= 15 is 0 Å². The zero-order valence-electron chi connectivity index (χ0n) is 13.1. The monoisotopic (exact) mass is 339 g/mol. The van der Waals surface area contributed by atoms with Crippen LogP contribution in [-0.2, 0) is 14.8 Å². The van der Waals surface area contributed by atoms with Crippen LogP contribution in [-0.4, -0.2) is 60.9 Å². The Morgan fingerprint density at radius 1 is 1.48 bits per heavy atom. The average Bonchev–Trinajstić information content (AvgIpc) is 3.20. The SMILES string of the molecule is Cc1ccnc(OC[C@]23COC[C@H]2CN(S(=O)(=O)C2CC2)C3)n1. The number of ether oxygens (including phenoxy) is 2. The lowest BCUT2D eigenvalue weighted by atomic mass is 9.82. The summed E-state index contributed by atoms with van der Waals surface area (Å²) in [5.74, 6) is 0.181. The van der Waals surface area contributed by atoms with Crippen LogP contribution in [0.3, 0.4) is 0 Å². The Kier molecular flexibility index (Phi) is 3.58. The van der Waals surface area contributed by atoms with Crippen LogP contribution >= 0.6 is 0 Å². The summed E-state index contributed by atoms with van der Waals surface area (Å²) in [7, 11) is -3.14. The van der Waals surface area contributed by atoms with Crippen molar-refractivity contribution < 1.29 is 17.9 Å². The van der Waals surface area contributed by atoms with Gasteiger partial charge in [0.05, 0.1) is 18.5 Å². The van der Waals surface area contributed by atoms with Crippen molar-refractivity contribution >= 4 is 10.0 Å². The maximum atomic E-state index is 12.5. The van der Waals surface area contributed by atoms with Gasteiger partial charge in [0, 0.05) is 36.3 Å². The molecule has 8 heteroatoms. The Balaban J connectivity index is 1.49. The van der Waals surface area contributed by atoms with Crippen LogP contribution in [0, 0.1) is 18.3 Å². The maximum absolute atomic E-state index is 12.5. The maximum Gasteiger partial charge on any atom is 0.316 e. The Morgan fingerprint density at radius 3 is 3.04 bits per heavy atom. The molecule has 1 aromatic rings. The van der Waals surface area contributed by atoms with Crippen LogP contribution in [0.1, 0.15) is 18.5 Å². The van der Waals surface area contributed by atoms with Crippen molar-refractivity contribution in [1.82, 2.24) is 14.3 Å². The van der Waals surface area contributed by atoms with Gasteiger partial charge in [-0.25, -0.2) is 22.7 Å². The van der Waals surface area contributed by atoms with Crippen LogP contribution in [0.25, 0.3) is 0 Å². The van der Waals surface area contributed by atoms with Gasteiger partial charge in [-0.05, 0) is 25.8 Å². The van der Waals surface area contributed by atoms with E-state index in [1.807, 2.05) is 13.0 Å². The molecule has 2 aliphatic heterocycles. The molecule has 0 amide bonds. The molecule has 0 aromatic carbocycles. The molecule has 3 heterocycles. The minimum atomic E-state index is -3.14. The number of fused-ring (bicyclic) bond motifs is 1. The second-order valence-electron chi connectivity index (χ2n) is 6.88. The third-order valence-corrected chi connectivity index (χ3v) is 7.37. The summed E-state index contributed by atoms with van der Waals surface area (Å²) in [6.45, 7) is 4.40. The zero-order valence-corrected chi connectivity index (χ0v) is 14.0. The lowest BCUT2D eigenvalue weighted by Crippen LogP contribution is -2.39. The molecule has 0 radical (unpaired) electrons. The van der Waals surface area contributed by atoms with Gasteiger partial charge in [0.2, 0.25) is 10.0 Å². The van der Waals surface area contributed by atoms with E-state index in [0.717, 1.165) is 18.5 Å².